The lowest BCUT2D eigenvalue weighted by molar-refractivity contribution is -0.746. The summed E-state index contributed by atoms with van der Waals surface area (Å²) in [5, 5.41) is 9.81. The summed E-state index contributed by atoms with van der Waals surface area (Å²) in [6, 6.07) is 0. The van der Waals surface area contributed by atoms with Crippen molar-refractivity contribution in [2.75, 3.05) is 12.3 Å². The molecule has 27 heavy (non-hydrogen) atoms. The number of H-pyrrole nitrogens is 1. The number of imidazole rings is 1. The third-order valence-corrected chi connectivity index (χ3v) is 4.39. The Labute approximate surface area is 156 Å². The van der Waals surface area contributed by atoms with Crippen molar-refractivity contribution in [2.45, 2.75) is 64.4 Å². The number of ether oxygens (including phenoxy) is 3. The van der Waals surface area contributed by atoms with Gasteiger partial charge in [0.1, 0.15) is 18.3 Å². The third kappa shape index (κ3) is 3.70. The van der Waals surface area contributed by atoms with E-state index in [1.807, 2.05) is 27.7 Å². The number of nitrogens with two attached hydrogens (primary N) is 1. The molecule has 2 aromatic rings. The summed E-state index contributed by atoms with van der Waals surface area (Å²) in [6.45, 7) is 7.46. The van der Waals surface area contributed by atoms with E-state index in [9.17, 15) is 9.90 Å². The second-order valence-corrected chi connectivity index (χ2v) is 7.30. The molecule has 0 aliphatic carbocycles. The fraction of sp³-hybridized carbons (Fsp3) is 0.706. The first-order valence-corrected chi connectivity index (χ1v) is 9.06. The van der Waals surface area contributed by atoms with Crippen molar-refractivity contribution in [3.8, 4) is 0 Å². The average molecular weight is 382 g/mol. The molecule has 3 heterocycles. The summed E-state index contributed by atoms with van der Waals surface area (Å²) in [7, 11) is 1.74. The van der Waals surface area contributed by atoms with Gasteiger partial charge in [-0.2, -0.15) is 0 Å². The maximum Gasteiger partial charge on any atom is 0.313 e. The van der Waals surface area contributed by atoms with Gasteiger partial charge in [0.15, 0.2) is 6.33 Å². The summed E-state index contributed by atoms with van der Waals surface area (Å²) < 4.78 is 21.6. The van der Waals surface area contributed by atoms with Crippen molar-refractivity contribution in [3.63, 3.8) is 0 Å². The minimum atomic E-state index is -0.634. The minimum Gasteiger partial charge on any atom is -0.394 e. The first kappa shape index (κ1) is 19.7. The van der Waals surface area contributed by atoms with Crippen LogP contribution in [0.4, 0.5) is 5.95 Å². The molecular formula is C17H28N5O5+. The molecule has 0 unspecified atom stereocenters. The number of nitrogens with one attached hydrogen (secondary N) is 1. The van der Waals surface area contributed by atoms with Gasteiger partial charge in [-0.05, 0) is 27.7 Å². The second-order valence-electron chi connectivity index (χ2n) is 7.30. The monoisotopic (exact) mass is 382 g/mol. The molecule has 0 radical (unpaired) electrons. The summed E-state index contributed by atoms with van der Waals surface area (Å²) in [4.78, 5) is 19.1. The number of anilines is 1. The molecule has 1 aliphatic heterocycles. The summed E-state index contributed by atoms with van der Waals surface area (Å²) in [6.07, 6.45) is -0.617. The maximum atomic E-state index is 12.3. The van der Waals surface area contributed by atoms with E-state index in [4.69, 9.17) is 19.9 Å². The van der Waals surface area contributed by atoms with Gasteiger partial charge in [0.05, 0.1) is 25.9 Å². The maximum absolute atomic E-state index is 12.3. The van der Waals surface area contributed by atoms with E-state index in [2.05, 4.69) is 9.97 Å². The highest BCUT2D eigenvalue weighted by Crippen LogP contribution is 2.32. The van der Waals surface area contributed by atoms with E-state index in [0.717, 1.165) is 0 Å². The van der Waals surface area contributed by atoms with Crippen LogP contribution in [0.1, 0.15) is 33.9 Å². The van der Waals surface area contributed by atoms with Gasteiger partial charge in [-0.1, -0.05) is 4.98 Å². The van der Waals surface area contributed by atoms with Gasteiger partial charge in [0, 0.05) is 0 Å². The van der Waals surface area contributed by atoms with E-state index in [1.165, 1.54) is 0 Å². The zero-order valence-electron chi connectivity index (χ0n) is 16.2. The standard InChI is InChI=1S/C17H27N5O5/c1-8(2)25-12-10(6-23)27-16(13(12)26-9(3)4)22-7-21(5)11-14(22)19-17(18)20-15(11)24/h7-10,12-13,16,23H,6H2,1-5H3,(H2-,18,19,20,24)/p+1/t10-,12-,13-,16-/m1/s1. The Kier molecular flexibility index (Phi) is 5.52. The number of fused-ring (bicyclic) bond motifs is 1. The SMILES string of the molecule is CC(C)O[C@@H]1[C@H](OC(C)C)[C@@H](CO)O[C@H]1[n+]1cn(C)c2c(=O)[nH]c(N)nc21. The Hall–Kier alpha value is -2.01. The van der Waals surface area contributed by atoms with Crippen molar-refractivity contribution in [3.05, 3.63) is 16.7 Å². The van der Waals surface area contributed by atoms with Crippen molar-refractivity contribution in [2.24, 2.45) is 7.05 Å². The van der Waals surface area contributed by atoms with Gasteiger partial charge in [0.2, 0.25) is 11.7 Å². The van der Waals surface area contributed by atoms with Crippen LogP contribution >= 0.6 is 0 Å². The number of rotatable bonds is 6. The van der Waals surface area contributed by atoms with Gasteiger partial charge < -0.3 is 25.1 Å². The van der Waals surface area contributed by atoms with Gasteiger partial charge in [0.25, 0.3) is 11.5 Å². The Morgan fingerprint density at radius 3 is 2.56 bits per heavy atom. The minimum absolute atomic E-state index is 0.0143. The predicted molar refractivity (Wildman–Crippen MR) is 97.0 cm³/mol. The van der Waals surface area contributed by atoms with Gasteiger partial charge >= 0.3 is 5.65 Å². The molecular weight excluding hydrogens is 354 g/mol. The van der Waals surface area contributed by atoms with E-state index in [0.29, 0.717) is 11.2 Å². The van der Waals surface area contributed by atoms with Crippen molar-refractivity contribution in [1.82, 2.24) is 14.5 Å². The number of aromatic amines is 1. The Morgan fingerprint density at radius 2 is 1.96 bits per heavy atom. The number of nitrogen functional groups attached to an aromatic ring is 1. The lowest BCUT2D eigenvalue weighted by Gasteiger charge is -2.26. The molecule has 10 heteroatoms. The largest absolute Gasteiger partial charge is 0.394 e. The Balaban J connectivity index is 2.11. The summed E-state index contributed by atoms with van der Waals surface area (Å²) in [5.74, 6) is 0.0143. The lowest BCUT2D eigenvalue weighted by atomic mass is 10.1. The first-order valence-electron chi connectivity index (χ1n) is 9.06. The van der Waals surface area contributed by atoms with Crippen LogP contribution in [0.3, 0.4) is 0 Å². The number of aliphatic hydroxyl groups excluding tert-OH is 1. The molecule has 0 spiro atoms. The normalized spacial score (nSPS) is 25.9. The highest BCUT2D eigenvalue weighted by atomic mass is 16.6. The van der Waals surface area contributed by atoms with Gasteiger partial charge in [-0.25, -0.2) is 4.57 Å². The highest BCUT2D eigenvalue weighted by Gasteiger charge is 2.50. The number of hydrogen-bond acceptors (Lipinski definition) is 7. The van der Waals surface area contributed by atoms with Crippen LogP contribution in [0.2, 0.25) is 0 Å². The topological polar surface area (TPSA) is 128 Å². The smallest absolute Gasteiger partial charge is 0.313 e. The molecule has 1 aliphatic rings. The van der Waals surface area contributed by atoms with Crippen LogP contribution in [0.15, 0.2) is 11.1 Å². The summed E-state index contributed by atoms with van der Waals surface area (Å²) >= 11 is 0. The lowest BCUT2D eigenvalue weighted by Crippen LogP contribution is -2.49. The predicted octanol–water partition coefficient (Wildman–Crippen LogP) is -0.392. The summed E-state index contributed by atoms with van der Waals surface area (Å²) in [5.41, 5.74) is 6.14. The average Bonchev–Trinajstić information content (AvgIpc) is 3.05. The quantitative estimate of drug-likeness (QED) is 0.580. The molecule has 10 nitrogen and oxygen atoms in total. The van der Waals surface area contributed by atoms with Gasteiger partial charge in [-0.3, -0.25) is 14.3 Å². The molecule has 3 rings (SSSR count). The van der Waals surface area contributed by atoms with E-state index >= 15 is 0 Å². The molecule has 0 bridgehead atoms. The van der Waals surface area contributed by atoms with E-state index < -0.39 is 24.5 Å². The number of aryl methyl sites for hydroxylation is 1. The molecule has 4 atom stereocenters. The van der Waals surface area contributed by atoms with Crippen molar-refractivity contribution >= 4 is 17.1 Å². The van der Waals surface area contributed by atoms with Crippen molar-refractivity contribution in [1.29, 1.82) is 0 Å². The number of aliphatic hydroxyl groups is 1. The van der Waals surface area contributed by atoms with E-state index in [1.54, 1.807) is 22.5 Å². The van der Waals surface area contributed by atoms with Crippen LogP contribution in [0.25, 0.3) is 11.2 Å². The molecule has 4 N–H and O–H groups in total. The van der Waals surface area contributed by atoms with Crippen LogP contribution in [-0.2, 0) is 21.3 Å². The first-order chi connectivity index (χ1) is 12.7. The Morgan fingerprint density at radius 1 is 1.33 bits per heavy atom. The van der Waals surface area contributed by atoms with E-state index in [-0.39, 0.29) is 30.3 Å². The number of hydrogen-bond donors (Lipinski definition) is 3. The van der Waals surface area contributed by atoms with Crippen LogP contribution < -0.4 is 15.9 Å². The fourth-order valence-electron chi connectivity index (χ4n) is 3.47. The van der Waals surface area contributed by atoms with Crippen molar-refractivity contribution < 1.29 is 23.9 Å². The van der Waals surface area contributed by atoms with Crippen LogP contribution in [0, 0.1) is 0 Å². The number of nitrogens with zero attached hydrogens (tertiary/aromatic N) is 3. The van der Waals surface area contributed by atoms with Crippen LogP contribution in [-0.4, -0.2) is 56.8 Å². The second kappa shape index (κ2) is 7.55. The molecule has 0 saturated carbocycles. The zero-order valence-corrected chi connectivity index (χ0v) is 16.2. The van der Waals surface area contributed by atoms with Gasteiger partial charge in [-0.15, -0.1) is 0 Å². The molecule has 150 valence electrons. The molecule has 2 aromatic heterocycles. The molecule has 0 aromatic carbocycles. The number of aromatic nitrogens is 4. The zero-order chi connectivity index (χ0) is 19.9. The Bertz CT molecular complexity index is 861. The third-order valence-electron chi connectivity index (χ3n) is 4.39. The molecule has 0 amide bonds. The fourth-order valence-corrected chi connectivity index (χ4v) is 3.47. The molecule has 1 fully saturated rings. The van der Waals surface area contributed by atoms with Crippen LogP contribution in [0.5, 0.6) is 0 Å². The highest BCUT2D eigenvalue weighted by molar-refractivity contribution is 5.67. The molecule has 1 saturated heterocycles.